The maximum absolute atomic E-state index is 12.1. The fourth-order valence-corrected chi connectivity index (χ4v) is 6.20. The Morgan fingerprint density at radius 2 is 2.03 bits per heavy atom. The summed E-state index contributed by atoms with van der Waals surface area (Å²) in [7, 11) is -1.66. The Bertz CT molecular complexity index is 1310. The fraction of sp³-hybridized carbons (Fsp3) is 0.346. The summed E-state index contributed by atoms with van der Waals surface area (Å²) >= 11 is 6.09. The molecular formula is C26H28ClNO7S. The number of nitrogens with zero attached hydrogens (tertiary/aromatic N) is 1. The van der Waals surface area contributed by atoms with Gasteiger partial charge in [0, 0.05) is 28.7 Å². The molecule has 1 saturated heterocycles. The first kappa shape index (κ1) is 26.2. The molecule has 0 spiro atoms. The molecule has 8 nitrogen and oxygen atoms in total. The largest absolute Gasteiger partial charge is 0.493 e. The zero-order valence-corrected chi connectivity index (χ0v) is 21.4. The average Bonchev–Trinajstić information content (AvgIpc) is 3.48. The van der Waals surface area contributed by atoms with Crippen molar-refractivity contribution < 1.29 is 32.2 Å². The predicted molar refractivity (Wildman–Crippen MR) is 137 cm³/mol. The molecule has 0 aliphatic carbocycles. The Kier molecular flexibility index (Phi) is 8.35. The van der Waals surface area contributed by atoms with Crippen molar-refractivity contribution in [3.63, 3.8) is 0 Å². The first-order valence-corrected chi connectivity index (χ1v) is 13.7. The van der Waals surface area contributed by atoms with E-state index in [9.17, 15) is 18.3 Å². The minimum absolute atomic E-state index is 0.0312. The smallest absolute Gasteiger partial charge is 0.161 e. The molecule has 2 atom stereocenters. The van der Waals surface area contributed by atoms with Gasteiger partial charge in [0.2, 0.25) is 0 Å². The van der Waals surface area contributed by atoms with E-state index >= 15 is 0 Å². The van der Waals surface area contributed by atoms with Crippen molar-refractivity contribution in [2.45, 2.75) is 25.1 Å². The van der Waals surface area contributed by atoms with Crippen LogP contribution < -0.4 is 9.47 Å². The number of hydrogen-bond acceptors (Lipinski definition) is 8. The van der Waals surface area contributed by atoms with Gasteiger partial charge in [-0.1, -0.05) is 23.7 Å². The van der Waals surface area contributed by atoms with Crippen molar-refractivity contribution in [3.05, 3.63) is 70.9 Å². The summed E-state index contributed by atoms with van der Waals surface area (Å²) in [4.78, 5) is 12.9. The number of ether oxygens (including phenoxy) is 2. The van der Waals surface area contributed by atoms with Crippen LogP contribution in [0.5, 0.6) is 11.5 Å². The number of aliphatic hydroxyl groups excluding tert-OH is 1. The number of methoxy groups -OCH3 is 1. The third-order valence-electron chi connectivity index (χ3n) is 6.05. The second-order valence-corrected chi connectivity index (χ2v) is 11.4. The molecule has 0 bridgehead atoms. The van der Waals surface area contributed by atoms with Crippen LogP contribution in [0, 0.1) is 0 Å². The molecule has 0 saturated carbocycles. The van der Waals surface area contributed by atoms with Crippen molar-refractivity contribution in [2.75, 3.05) is 31.8 Å². The minimum atomic E-state index is -3.13. The van der Waals surface area contributed by atoms with E-state index in [1.54, 1.807) is 24.3 Å². The van der Waals surface area contributed by atoms with E-state index in [4.69, 9.17) is 25.5 Å². The summed E-state index contributed by atoms with van der Waals surface area (Å²) < 4.78 is 41.3. The van der Waals surface area contributed by atoms with Crippen LogP contribution in [0.2, 0.25) is 5.02 Å². The van der Waals surface area contributed by atoms with E-state index in [1.165, 1.54) is 7.11 Å². The van der Waals surface area contributed by atoms with E-state index in [0.29, 0.717) is 52.9 Å². The van der Waals surface area contributed by atoms with Crippen LogP contribution in [0.15, 0.2) is 59.0 Å². The van der Waals surface area contributed by atoms with Crippen LogP contribution in [0.25, 0.3) is 11.3 Å². The van der Waals surface area contributed by atoms with E-state index in [-0.39, 0.29) is 30.7 Å². The summed E-state index contributed by atoms with van der Waals surface area (Å²) in [5.74, 6) is 2.23. The van der Waals surface area contributed by atoms with Gasteiger partial charge >= 0.3 is 0 Å². The van der Waals surface area contributed by atoms with Gasteiger partial charge in [0.15, 0.2) is 21.3 Å². The molecule has 2 aromatic carbocycles. The van der Waals surface area contributed by atoms with Crippen LogP contribution in [-0.2, 0) is 16.4 Å². The van der Waals surface area contributed by atoms with Crippen LogP contribution in [0.3, 0.4) is 0 Å². The quantitative estimate of drug-likeness (QED) is 0.370. The maximum Gasteiger partial charge on any atom is 0.161 e. The third kappa shape index (κ3) is 6.67. The number of rotatable bonds is 11. The van der Waals surface area contributed by atoms with E-state index in [2.05, 4.69) is 0 Å². The van der Waals surface area contributed by atoms with Crippen LogP contribution in [-0.4, -0.2) is 68.6 Å². The fourth-order valence-electron chi connectivity index (χ4n) is 4.25. The number of carbonyl (C=O) groups excluding carboxylic acids is 1. The molecule has 36 heavy (non-hydrogen) atoms. The summed E-state index contributed by atoms with van der Waals surface area (Å²) in [6.45, 7) is 0.468. The second kappa shape index (κ2) is 11.5. The monoisotopic (exact) mass is 533 g/mol. The zero-order valence-electron chi connectivity index (χ0n) is 19.8. The Morgan fingerprint density at radius 1 is 1.19 bits per heavy atom. The van der Waals surface area contributed by atoms with Crippen molar-refractivity contribution >= 4 is 27.7 Å². The topological polar surface area (TPSA) is 106 Å². The van der Waals surface area contributed by atoms with Crippen molar-refractivity contribution in [3.8, 4) is 22.8 Å². The van der Waals surface area contributed by atoms with Gasteiger partial charge in [-0.05, 0) is 48.9 Å². The molecule has 1 aliphatic heterocycles. The lowest BCUT2D eigenvalue weighted by molar-refractivity contribution is 0.0490. The Labute approximate surface area is 215 Å². The molecule has 1 aliphatic rings. The molecule has 1 aromatic heterocycles. The zero-order chi connectivity index (χ0) is 25.7. The summed E-state index contributed by atoms with van der Waals surface area (Å²) in [6, 6.07) is 15.5. The second-order valence-electron chi connectivity index (χ2n) is 8.76. The number of sulfone groups is 1. The van der Waals surface area contributed by atoms with Gasteiger partial charge in [-0.15, -0.1) is 0 Å². The lowest BCUT2D eigenvalue weighted by Gasteiger charge is -2.29. The van der Waals surface area contributed by atoms with Gasteiger partial charge < -0.3 is 19.0 Å². The highest BCUT2D eigenvalue weighted by atomic mass is 35.5. The number of carbonyl (C=O) groups is 1. The minimum Gasteiger partial charge on any atom is -0.493 e. The lowest BCUT2D eigenvalue weighted by atomic mass is 10.2. The standard InChI is InChI=1S/C26H28ClNO7S/c1-33-26-11-18(15-29)5-7-25(26)34-16-22(30)13-28(21-9-10-36(31,32)17-21)14-23-6-8-24(35-23)19-3-2-4-20(27)12-19/h2-8,11-12,15,21-22,30H,9-10,13-14,16-17H2,1H3. The Balaban J connectivity index is 1.45. The molecular weight excluding hydrogens is 506 g/mol. The molecule has 1 fully saturated rings. The van der Waals surface area contributed by atoms with Gasteiger partial charge in [-0.3, -0.25) is 9.69 Å². The molecule has 3 aromatic rings. The van der Waals surface area contributed by atoms with E-state index in [1.807, 2.05) is 35.2 Å². The van der Waals surface area contributed by atoms with E-state index in [0.717, 1.165) is 5.56 Å². The van der Waals surface area contributed by atoms with Crippen molar-refractivity contribution in [1.29, 1.82) is 0 Å². The van der Waals surface area contributed by atoms with Crippen LogP contribution in [0.4, 0.5) is 0 Å². The number of hydrogen-bond donors (Lipinski definition) is 1. The first-order valence-electron chi connectivity index (χ1n) is 11.5. The molecule has 0 radical (unpaired) electrons. The highest BCUT2D eigenvalue weighted by Crippen LogP contribution is 2.29. The number of aliphatic hydroxyl groups is 1. The van der Waals surface area contributed by atoms with Crippen LogP contribution >= 0.6 is 11.6 Å². The normalized spacial score (nSPS) is 17.7. The first-order chi connectivity index (χ1) is 17.3. The van der Waals surface area contributed by atoms with Gasteiger partial charge in [0.1, 0.15) is 30.5 Å². The number of aldehydes is 1. The van der Waals surface area contributed by atoms with Gasteiger partial charge in [-0.25, -0.2) is 8.42 Å². The molecule has 4 rings (SSSR count). The number of halogens is 1. The molecule has 1 N–H and O–H groups in total. The molecule has 10 heteroatoms. The van der Waals surface area contributed by atoms with Gasteiger partial charge in [-0.2, -0.15) is 0 Å². The molecule has 2 heterocycles. The highest BCUT2D eigenvalue weighted by Gasteiger charge is 2.33. The summed E-state index contributed by atoms with van der Waals surface area (Å²) in [5, 5.41) is 11.4. The van der Waals surface area contributed by atoms with E-state index < -0.39 is 15.9 Å². The van der Waals surface area contributed by atoms with Gasteiger partial charge in [0.05, 0.1) is 25.2 Å². The molecule has 0 amide bonds. The van der Waals surface area contributed by atoms with Crippen molar-refractivity contribution in [1.82, 2.24) is 4.90 Å². The third-order valence-corrected chi connectivity index (χ3v) is 8.04. The molecule has 192 valence electrons. The van der Waals surface area contributed by atoms with Crippen LogP contribution in [0.1, 0.15) is 22.5 Å². The lowest BCUT2D eigenvalue weighted by Crippen LogP contribution is -2.42. The van der Waals surface area contributed by atoms with Gasteiger partial charge in [0.25, 0.3) is 0 Å². The number of furan rings is 1. The predicted octanol–water partition coefficient (Wildman–Crippen LogP) is 3.85. The van der Waals surface area contributed by atoms with Crippen molar-refractivity contribution in [2.24, 2.45) is 0 Å². The Morgan fingerprint density at radius 3 is 2.72 bits per heavy atom. The molecule has 2 unspecified atom stereocenters. The highest BCUT2D eigenvalue weighted by molar-refractivity contribution is 7.91. The maximum atomic E-state index is 12.1. The SMILES string of the molecule is COc1cc(C=O)ccc1OCC(O)CN(Cc1ccc(-c2cccc(Cl)c2)o1)C1CCS(=O)(=O)C1. The Hall–Kier alpha value is -2.85. The number of benzene rings is 2. The summed E-state index contributed by atoms with van der Waals surface area (Å²) in [5.41, 5.74) is 1.29. The average molecular weight is 534 g/mol. The summed E-state index contributed by atoms with van der Waals surface area (Å²) in [6.07, 6.45) is 0.283.